The highest BCUT2D eigenvalue weighted by atomic mass is 19.3. The highest BCUT2D eigenvalue weighted by molar-refractivity contribution is 6.02. The van der Waals surface area contributed by atoms with Crippen molar-refractivity contribution in [1.29, 1.82) is 0 Å². The summed E-state index contributed by atoms with van der Waals surface area (Å²) in [5, 5.41) is 0. The lowest BCUT2D eigenvalue weighted by molar-refractivity contribution is -0.0502. The number of benzene rings is 1. The molecule has 3 aromatic rings. The second-order valence-corrected chi connectivity index (χ2v) is 8.78. The van der Waals surface area contributed by atoms with Gasteiger partial charge in [-0.3, -0.25) is 14.0 Å². The summed E-state index contributed by atoms with van der Waals surface area (Å²) in [7, 11) is 1.39. The van der Waals surface area contributed by atoms with Crippen LogP contribution in [-0.4, -0.2) is 34.7 Å². The maximum Gasteiger partial charge on any atom is 0.387 e. The summed E-state index contributed by atoms with van der Waals surface area (Å²) in [6, 6.07) is 6.55. The van der Waals surface area contributed by atoms with Gasteiger partial charge >= 0.3 is 6.61 Å². The van der Waals surface area contributed by atoms with Gasteiger partial charge in [-0.15, -0.1) is 0 Å². The van der Waals surface area contributed by atoms with Gasteiger partial charge in [0.1, 0.15) is 22.7 Å². The number of aromatic nitrogens is 2. The number of ether oxygens (including phenoxy) is 2. The first kappa shape index (κ1) is 21.6. The highest BCUT2D eigenvalue weighted by Crippen LogP contribution is 2.40. The van der Waals surface area contributed by atoms with Crippen molar-refractivity contribution < 1.29 is 27.8 Å². The average Bonchev–Trinajstić information content (AvgIpc) is 3.46. The molecule has 0 bridgehead atoms. The first-order valence-electron chi connectivity index (χ1n) is 11.2. The van der Waals surface area contributed by atoms with E-state index in [4.69, 9.17) is 9.47 Å². The number of nitrogens with zero attached hydrogens (tertiary/aromatic N) is 2. The van der Waals surface area contributed by atoms with Crippen LogP contribution in [0.1, 0.15) is 59.2 Å². The van der Waals surface area contributed by atoms with Crippen molar-refractivity contribution in [3.05, 3.63) is 47.8 Å². The fourth-order valence-corrected chi connectivity index (χ4v) is 4.30. The van der Waals surface area contributed by atoms with Gasteiger partial charge in [0, 0.05) is 29.7 Å². The minimum Gasteiger partial charge on any atom is -0.496 e. The molecule has 5 rings (SSSR count). The van der Waals surface area contributed by atoms with E-state index < -0.39 is 6.61 Å². The van der Waals surface area contributed by atoms with Crippen LogP contribution in [0.25, 0.3) is 16.9 Å². The van der Waals surface area contributed by atoms with Gasteiger partial charge in [-0.1, -0.05) is 6.42 Å². The van der Waals surface area contributed by atoms with E-state index in [1.54, 1.807) is 35.0 Å². The number of halogens is 2. The third-order valence-electron chi connectivity index (χ3n) is 6.52. The number of hydrogen-bond acceptors (Lipinski definition) is 5. The van der Waals surface area contributed by atoms with Gasteiger partial charge < -0.3 is 9.47 Å². The van der Waals surface area contributed by atoms with E-state index in [1.165, 1.54) is 13.2 Å². The van der Waals surface area contributed by atoms with Crippen LogP contribution in [0.15, 0.2) is 36.7 Å². The summed E-state index contributed by atoms with van der Waals surface area (Å²) >= 11 is 0. The Labute approximate surface area is 189 Å². The van der Waals surface area contributed by atoms with E-state index in [2.05, 4.69) is 4.98 Å². The molecule has 8 heteroatoms. The van der Waals surface area contributed by atoms with Crippen molar-refractivity contribution >= 4 is 17.2 Å². The van der Waals surface area contributed by atoms with Crippen LogP contribution < -0.4 is 9.47 Å². The first-order chi connectivity index (χ1) is 15.9. The molecule has 0 radical (unpaired) electrons. The number of Topliss-reactive ketones (excluding diaryl/α,β-unsaturated/α-hetero) is 2. The molecule has 2 saturated carbocycles. The molecule has 2 aliphatic rings. The number of rotatable bonds is 9. The summed E-state index contributed by atoms with van der Waals surface area (Å²) in [6.45, 7) is -3.08. The van der Waals surface area contributed by atoms with Crippen molar-refractivity contribution in [2.45, 2.75) is 45.1 Å². The Bertz CT molecular complexity index is 1230. The number of methoxy groups -OCH3 is 1. The van der Waals surface area contributed by atoms with Gasteiger partial charge in [0.2, 0.25) is 0 Å². The molecule has 0 spiro atoms. The maximum atomic E-state index is 13.2. The smallest absolute Gasteiger partial charge is 0.387 e. The summed E-state index contributed by atoms with van der Waals surface area (Å²) in [5.41, 5.74) is 2.34. The van der Waals surface area contributed by atoms with Gasteiger partial charge in [-0.2, -0.15) is 8.78 Å². The molecule has 33 heavy (non-hydrogen) atoms. The maximum absolute atomic E-state index is 13.2. The Morgan fingerprint density at radius 2 is 1.91 bits per heavy atom. The lowest BCUT2D eigenvalue weighted by atomic mass is 9.80. The topological polar surface area (TPSA) is 69.9 Å². The van der Waals surface area contributed by atoms with Gasteiger partial charge in [0.05, 0.1) is 19.0 Å². The third-order valence-corrected chi connectivity index (χ3v) is 6.52. The molecule has 0 atom stereocenters. The van der Waals surface area contributed by atoms with E-state index in [0.717, 1.165) is 32.1 Å². The van der Waals surface area contributed by atoms with Crippen LogP contribution in [0, 0.1) is 11.8 Å². The molecular weight excluding hydrogens is 430 g/mol. The highest BCUT2D eigenvalue weighted by Gasteiger charge is 2.30. The number of carbonyl (C=O) groups is 2. The number of imidazole rings is 1. The summed E-state index contributed by atoms with van der Waals surface area (Å²) in [4.78, 5) is 29.8. The van der Waals surface area contributed by atoms with E-state index in [9.17, 15) is 18.4 Å². The Kier molecular flexibility index (Phi) is 5.60. The van der Waals surface area contributed by atoms with Crippen molar-refractivity contribution in [2.24, 2.45) is 11.8 Å². The van der Waals surface area contributed by atoms with Gasteiger partial charge in [0.25, 0.3) is 0 Å². The van der Waals surface area contributed by atoms with Crippen LogP contribution >= 0.6 is 0 Å². The lowest BCUT2D eigenvalue weighted by Gasteiger charge is -2.23. The Morgan fingerprint density at radius 1 is 1.15 bits per heavy atom. The fraction of sp³-hybridized carbons (Fsp3) is 0.400. The molecule has 172 valence electrons. The monoisotopic (exact) mass is 454 g/mol. The number of carbonyl (C=O) groups excluding carboxylic acids is 2. The number of pyridine rings is 1. The van der Waals surface area contributed by atoms with Crippen molar-refractivity contribution in [3.8, 4) is 22.8 Å². The van der Waals surface area contributed by atoms with Crippen molar-refractivity contribution in [1.82, 2.24) is 9.38 Å². The SMILES string of the molecule is COc1cc(-c2cnc3cc(C(=O)C4CCC4)ccn23)cc(OC(F)F)c1C(=O)CC1CC1. The minimum atomic E-state index is -3.08. The molecule has 1 aromatic carbocycles. The molecule has 0 amide bonds. The number of ketones is 2. The molecule has 2 aromatic heterocycles. The molecule has 2 fully saturated rings. The van der Waals surface area contributed by atoms with Gasteiger partial charge in [0.15, 0.2) is 11.6 Å². The zero-order valence-electron chi connectivity index (χ0n) is 18.2. The Morgan fingerprint density at radius 3 is 2.55 bits per heavy atom. The van der Waals surface area contributed by atoms with Crippen molar-refractivity contribution in [3.63, 3.8) is 0 Å². The third kappa shape index (κ3) is 4.21. The van der Waals surface area contributed by atoms with Crippen LogP contribution in [0.4, 0.5) is 8.78 Å². The fourth-order valence-electron chi connectivity index (χ4n) is 4.30. The zero-order valence-corrected chi connectivity index (χ0v) is 18.2. The largest absolute Gasteiger partial charge is 0.496 e. The van der Waals surface area contributed by atoms with E-state index >= 15 is 0 Å². The number of hydrogen-bond donors (Lipinski definition) is 0. The predicted octanol–water partition coefficient (Wildman–Crippen LogP) is 5.58. The van der Waals surface area contributed by atoms with E-state index in [-0.39, 0.29) is 46.9 Å². The van der Waals surface area contributed by atoms with E-state index in [0.29, 0.717) is 22.5 Å². The molecule has 0 unspecified atom stereocenters. The second kappa shape index (κ2) is 8.57. The predicted molar refractivity (Wildman–Crippen MR) is 117 cm³/mol. The lowest BCUT2D eigenvalue weighted by Crippen LogP contribution is -2.22. The average molecular weight is 454 g/mol. The second-order valence-electron chi connectivity index (χ2n) is 8.78. The van der Waals surface area contributed by atoms with Crippen LogP contribution in [-0.2, 0) is 0 Å². The van der Waals surface area contributed by atoms with Gasteiger partial charge in [-0.05, 0) is 55.9 Å². The molecule has 2 aliphatic carbocycles. The van der Waals surface area contributed by atoms with Crippen molar-refractivity contribution in [2.75, 3.05) is 7.11 Å². The quantitative estimate of drug-likeness (QED) is 0.395. The Balaban J connectivity index is 1.55. The van der Waals surface area contributed by atoms with Crippen LogP contribution in [0.5, 0.6) is 11.5 Å². The summed E-state index contributed by atoms with van der Waals surface area (Å²) < 4.78 is 38.3. The normalized spacial score (nSPS) is 16.1. The number of fused-ring (bicyclic) bond motifs is 1. The molecule has 0 aliphatic heterocycles. The summed E-state index contributed by atoms with van der Waals surface area (Å²) in [6.07, 6.45) is 8.47. The van der Waals surface area contributed by atoms with Gasteiger partial charge in [-0.25, -0.2) is 4.98 Å². The molecular formula is C25H24F2N2O4. The minimum absolute atomic E-state index is 0.0376. The molecule has 6 nitrogen and oxygen atoms in total. The first-order valence-corrected chi connectivity index (χ1v) is 11.2. The van der Waals surface area contributed by atoms with Crippen LogP contribution in [0.3, 0.4) is 0 Å². The standard InChI is InChI=1S/C25H24F2N2O4/c1-32-20-10-17(11-21(33-25(26)27)23(20)19(30)9-14-5-6-14)18-13-28-22-12-16(7-8-29(18)22)24(31)15-3-2-4-15/h7-8,10-15,25H,2-6,9H2,1H3. The van der Waals surface area contributed by atoms with Crippen LogP contribution in [0.2, 0.25) is 0 Å². The summed E-state index contributed by atoms with van der Waals surface area (Å²) in [5.74, 6) is 0.199. The molecule has 2 heterocycles. The molecule has 0 saturated heterocycles. The Hall–Kier alpha value is -3.29. The zero-order chi connectivity index (χ0) is 23.1. The number of alkyl halides is 2. The molecule has 0 N–H and O–H groups in total. The van der Waals surface area contributed by atoms with E-state index in [1.807, 2.05) is 0 Å².